The third-order valence-electron chi connectivity index (χ3n) is 4.57. The second-order valence-electron chi connectivity index (χ2n) is 6.70. The molecule has 0 aliphatic heterocycles. The van der Waals surface area contributed by atoms with Gasteiger partial charge in [0.1, 0.15) is 0 Å². The standard InChI is InChI=1S/C22H22ClN5O.2ClH/c1-17(29)27(10-9-26-21-4-2-3-20(23)11-21)15-22-13-25-16-28(22)14-19-7-5-18(12-24)6-8-19;;/h2-8,11,13,16,26H,9-10,14-15H2,1H3;2*1H. The molecule has 1 amide bonds. The van der Waals surface area contributed by atoms with Crippen LogP contribution in [0, 0.1) is 11.3 Å². The highest BCUT2D eigenvalue weighted by Gasteiger charge is 2.12. The van der Waals surface area contributed by atoms with Crippen LogP contribution >= 0.6 is 36.4 Å². The molecule has 164 valence electrons. The number of benzene rings is 2. The van der Waals surface area contributed by atoms with Crippen LogP contribution in [0.4, 0.5) is 5.69 Å². The molecule has 0 aliphatic rings. The number of carbonyl (C=O) groups is 1. The Hall–Kier alpha value is -2.72. The Bertz CT molecular complexity index is 1010. The van der Waals surface area contributed by atoms with E-state index in [1.165, 1.54) is 0 Å². The number of nitrogens with one attached hydrogen (secondary N) is 1. The molecule has 3 rings (SSSR count). The van der Waals surface area contributed by atoms with Crippen molar-refractivity contribution < 1.29 is 4.79 Å². The van der Waals surface area contributed by atoms with Gasteiger partial charge in [0, 0.05) is 43.5 Å². The van der Waals surface area contributed by atoms with E-state index in [-0.39, 0.29) is 30.7 Å². The van der Waals surface area contributed by atoms with Crippen LogP contribution in [-0.4, -0.2) is 33.4 Å². The first-order valence-electron chi connectivity index (χ1n) is 9.28. The molecule has 31 heavy (non-hydrogen) atoms. The van der Waals surface area contributed by atoms with Gasteiger partial charge in [0.05, 0.1) is 30.2 Å². The van der Waals surface area contributed by atoms with Crippen molar-refractivity contribution in [1.29, 1.82) is 5.26 Å². The van der Waals surface area contributed by atoms with Crippen molar-refractivity contribution in [2.75, 3.05) is 18.4 Å². The highest BCUT2D eigenvalue weighted by atomic mass is 35.5. The summed E-state index contributed by atoms with van der Waals surface area (Å²) in [6.45, 7) is 3.85. The lowest BCUT2D eigenvalue weighted by Crippen LogP contribution is -2.33. The van der Waals surface area contributed by atoms with E-state index in [0.29, 0.717) is 36.8 Å². The van der Waals surface area contributed by atoms with Crippen LogP contribution in [-0.2, 0) is 17.9 Å². The number of rotatable bonds is 8. The van der Waals surface area contributed by atoms with Crippen molar-refractivity contribution in [2.45, 2.75) is 20.0 Å². The molecule has 1 aromatic heterocycles. The van der Waals surface area contributed by atoms with Gasteiger partial charge in [-0.1, -0.05) is 29.8 Å². The molecule has 0 fully saturated rings. The summed E-state index contributed by atoms with van der Waals surface area (Å²) >= 11 is 6.00. The van der Waals surface area contributed by atoms with Crippen molar-refractivity contribution in [3.8, 4) is 6.07 Å². The van der Waals surface area contributed by atoms with Crippen LogP contribution in [0.15, 0.2) is 61.1 Å². The summed E-state index contributed by atoms with van der Waals surface area (Å²) in [5, 5.41) is 12.9. The molecule has 9 heteroatoms. The second kappa shape index (κ2) is 12.9. The van der Waals surface area contributed by atoms with Gasteiger partial charge in [0.2, 0.25) is 5.91 Å². The maximum Gasteiger partial charge on any atom is 0.219 e. The molecule has 0 aliphatic carbocycles. The first-order chi connectivity index (χ1) is 14.0. The topological polar surface area (TPSA) is 74.0 Å². The lowest BCUT2D eigenvalue weighted by atomic mass is 10.1. The molecular formula is C22H24Cl3N5O. The van der Waals surface area contributed by atoms with Gasteiger partial charge in [-0.2, -0.15) is 5.26 Å². The summed E-state index contributed by atoms with van der Waals surface area (Å²) in [7, 11) is 0. The molecule has 1 heterocycles. The zero-order valence-electron chi connectivity index (χ0n) is 17.0. The maximum absolute atomic E-state index is 12.1. The SMILES string of the molecule is CC(=O)N(CCNc1cccc(Cl)c1)Cc1cncn1Cc1ccc(C#N)cc1.Cl.Cl. The van der Waals surface area contributed by atoms with E-state index in [2.05, 4.69) is 16.4 Å². The smallest absolute Gasteiger partial charge is 0.219 e. The Labute approximate surface area is 199 Å². The van der Waals surface area contributed by atoms with Crippen molar-refractivity contribution in [3.05, 3.63) is 82.9 Å². The number of nitriles is 1. The van der Waals surface area contributed by atoms with Gasteiger partial charge < -0.3 is 14.8 Å². The van der Waals surface area contributed by atoms with Gasteiger partial charge in [-0.3, -0.25) is 4.79 Å². The minimum absolute atomic E-state index is 0. The monoisotopic (exact) mass is 479 g/mol. The van der Waals surface area contributed by atoms with Crippen molar-refractivity contribution in [2.24, 2.45) is 0 Å². The van der Waals surface area contributed by atoms with E-state index < -0.39 is 0 Å². The molecule has 0 unspecified atom stereocenters. The average Bonchev–Trinajstić information content (AvgIpc) is 3.14. The Morgan fingerprint density at radius 1 is 1.23 bits per heavy atom. The van der Waals surface area contributed by atoms with Crippen LogP contribution in [0.1, 0.15) is 23.7 Å². The molecule has 0 saturated carbocycles. The number of amides is 1. The van der Waals surface area contributed by atoms with E-state index in [1.807, 2.05) is 41.0 Å². The molecule has 2 aromatic carbocycles. The Balaban J connectivity index is 0.00000240. The Kier molecular flexibility index (Phi) is 10.9. The second-order valence-corrected chi connectivity index (χ2v) is 7.14. The number of halogens is 3. The number of carbonyl (C=O) groups excluding carboxylic acids is 1. The molecular weight excluding hydrogens is 457 g/mol. The van der Waals surface area contributed by atoms with Gasteiger partial charge in [0.25, 0.3) is 0 Å². The summed E-state index contributed by atoms with van der Waals surface area (Å²) in [6.07, 6.45) is 3.54. The van der Waals surface area contributed by atoms with Gasteiger partial charge in [-0.25, -0.2) is 4.98 Å². The summed E-state index contributed by atoms with van der Waals surface area (Å²) in [6, 6.07) is 17.1. The minimum Gasteiger partial charge on any atom is -0.383 e. The van der Waals surface area contributed by atoms with Crippen LogP contribution in [0.5, 0.6) is 0 Å². The largest absolute Gasteiger partial charge is 0.383 e. The predicted molar refractivity (Wildman–Crippen MR) is 128 cm³/mol. The zero-order valence-corrected chi connectivity index (χ0v) is 19.4. The van der Waals surface area contributed by atoms with Crippen LogP contribution in [0.2, 0.25) is 5.02 Å². The number of imidazole rings is 1. The lowest BCUT2D eigenvalue weighted by molar-refractivity contribution is -0.129. The third kappa shape index (κ3) is 7.80. The van der Waals surface area contributed by atoms with Gasteiger partial charge in [-0.15, -0.1) is 24.8 Å². The molecule has 1 N–H and O–H groups in total. The Morgan fingerprint density at radius 2 is 1.97 bits per heavy atom. The van der Waals surface area contributed by atoms with Crippen molar-refractivity contribution in [1.82, 2.24) is 14.5 Å². The van der Waals surface area contributed by atoms with Gasteiger partial charge in [0.15, 0.2) is 0 Å². The maximum atomic E-state index is 12.1. The fourth-order valence-electron chi connectivity index (χ4n) is 2.98. The average molecular weight is 481 g/mol. The van der Waals surface area contributed by atoms with Crippen molar-refractivity contribution in [3.63, 3.8) is 0 Å². The van der Waals surface area contributed by atoms with E-state index in [4.69, 9.17) is 16.9 Å². The number of nitrogens with zero attached hydrogens (tertiary/aromatic N) is 4. The van der Waals surface area contributed by atoms with Gasteiger partial charge in [-0.05, 0) is 35.9 Å². The Morgan fingerprint density at radius 3 is 2.61 bits per heavy atom. The molecule has 0 saturated heterocycles. The quantitative estimate of drug-likeness (QED) is 0.504. The lowest BCUT2D eigenvalue weighted by Gasteiger charge is -2.22. The number of hydrogen-bond acceptors (Lipinski definition) is 4. The first kappa shape index (κ1) is 26.3. The molecule has 0 radical (unpaired) electrons. The minimum atomic E-state index is 0. The normalized spacial score (nSPS) is 9.71. The number of aromatic nitrogens is 2. The van der Waals surface area contributed by atoms with Crippen LogP contribution in [0.3, 0.4) is 0 Å². The highest BCUT2D eigenvalue weighted by Crippen LogP contribution is 2.15. The van der Waals surface area contributed by atoms with Gasteiger partial charge >= 0.3 is 0 Å². The van der Waals surface area contributed by atoms with E-state index in [9.17, 15) is 4.79 Å². The van der Waals surface area contributed by atoms with Crippen LogP contribution in [0.25, 0.3) is 0 Å². The van der Waals surface area contributed by atoms with E-state index in [0.717, 1.165) is 16.9 Å². The summed E-state index contributed by atoms with van der Waals surface area (Å²) < 4.78 is 2.02. The summed E-state index contributed by atoms with van der Waals surface area (Å²) in [5.41, 5.74) is 3.58. The number of anilines is 1. The van der Waals surface area contributed by atoms with Crippen molar-refractivity contribution >= 4 is 48.0 Å². The van der Waals surface area contributed by atoms with Crippen LogP contribution < -0.4 is 5.32 Å². The van der Waals surface area contributed by atoms with E-state index in [1.54, 1.807) is 36.5 Å². The fraction of sp³-hybridized carbons (Fsp3) is 0.227. The number of hydrogen-bond donors (Lipinski definition) is 1. The third-order valence-corrected chi connectivity index (χ3v) is 4.80. The zero-order chi connectivity index (χ0) is 20.6. The first-order valence-corrected chi connectivity index (χ1v) is 9.66. The molecule has 0 spiro atoms. The molecule has 6 nitrogen and oxygen atoms in total. The van der Waals surface area contributed by atoms with E-state index >= 15 is 0 Å². The molecule has 0 bridgehead atoms. The summed E-state index contributed by atoms with van der Waals surface area (Å²) in [5.74, 6) is 0.00372. The fourth-order valence-corrected chi connectivity index (χ4v) is 3.17. The summed E-state index contributed by atoms with van der Waals surface area (Å²) in [4.78, 5) is 18.1. The predicted octanol–water partition coefficient (Wildman–Crippen LogP) is 4.76. The molecule has 3 aromatic rings. The highest BCUT2D eigenvalue weighted by molar-refractivity contribution is 6.30. The molecule has 0 atom stereocenters.